The Labute approximate surface area is 150 Å². The molecule has 1 aliphatic carbocycles. The van der Waals surface area contributed by atoms with Gasteiger partial charge in [0.1, 0.15) is 5.82 Å². The molecule has 3 aromatic heterocycles. The van der Waals surface area contributed by atoms with Crippen molar-refractivity contribution < 1.29 is 9.32 Å². The Hall–Kier alpha value is -2.77. The van der Waals surface area contributed by atoms with Crippen molar-refractivity contribution in [2.24, 2.45) is 0 Å². The maximum absolute atomic E-state index is 12.6. The number of likely N-dealkylation sites (tertiary alicyclic amines) is 1. The molecule has 0 atom stereocenters. The van der Waals surface area contributed by atoms with Crippen molar-refractivity contribution in [3.8, 4) is 11.5 Å². The summed E-state index contributed by atoms with van der Waals surface area (Å²) < 4.78 is 7.27. The van der Waals surface area contributed by atoms with Crippen LogP contribution in [-0.2, 0) is 11.2 Å². The second-order valence-electron chi connectivity index (χ2n) is 7.08. The van der Waals surface area contributed by atoms with Crippen molar-refractivity contribution in [3.63, 3.8) is 0 Å². The van der Waals surface area contributed by atoms with Gasteiger partial charge in [-0.25, -0.2) is 0 Å². The molecule has 1 saturated carbocycles. The Morgan fingerprint density at radius 2 is 2.04 bits per heavy atom. The summed E-state index contributed by atoms with van der Waals surface area (Å²) in [6, 6.07) is 3.78. The van der Waals surface area contributed by atoms with Crippen molar-refractivity contribution in [2.45, 2.75) is 44.4 Å². The van der Waals surface area contributed by atoms with Crippen LogP contribution in [0.1, 0.15) is 49.7 Å². The van der Waals surface area contributed by atoms with Gasteiger partial charge in [0.05, 0.1) is 12.0 Å². The first-order valence-electron chi connectivity index (χ1n) is 9.24. The van der Waals surface area contributed by atoms with Crippen LogP contribution in [0.2, 0.25) is 0 Å². The topological polar surface area (TPSA) is 89.4 Å². The van der Waals surface area contributed by atoms with E-state index in [2.05, 4.69) is 20.3 Å². The number of piperidine rings is 1. The Morgan fingerprint density at radius 3 is 2.85 bits per heavy atom. The predicted molar refractivity (Wildman–Crippen MR) is 92.4 cm³/mol. The maximum atomic E-state index is 12.6. The number of rotatable bonds is 4. The van der Waals surface area contributed by atoms with Crippen molar-refractivity contribution in [1.29, 1.82) is 0 Å². The predicted octanol–water partition coefficient (Wildman–Crippen LogP) is 2.21. The molecule has 1 amide bonds. The highest BCUT2D eigenvalue weighted by molar-refractivity contribution is 5.79. The van der Waals surface area contributed by atoms with Gasteiger partial charge in [-0.3, -0.25) is 9.20 Å². The normalized spacial score (nSPS) is 17.8. The molecule has 2 fully saturated rings. The zero-order valence-corrected chi connectivity index (χ0v) is 14.5. The van der Waals surface area contributed by atoms with Crippen LogP contribution in [0.4, 0.5) is 0 Å². The summed E-state index contributed by atoms with van der Waals surface area (Å²) in [5.74, 6) is 2.40. The molecule has 1 saturated heterocycles. The summed E-state index contributed by atoms with van der Waals surface area (Å²) in [6.45, 7) is 1.68. The lowest BCUT2D eigenvalue weighted by atomic mass is 10.1. The van der Waals surface area contributed by atoms with E-state index in [0.717, 1.165) is 50.2 Å². The standard InChI is InChI=1S/C18H20N6O2/c25-15(23-8-2-1-3-9-23)11-14-20-21-17-13(5-4-10-24(14)17)18-19-16(22-26-18)12-6-7-12/h4-5,10,12H,1-3,6-9,11H2. The van der Waals surface area contributed by atoms with Gasteiger partial charge in [-0.2, -0.15) is 4.98 Å². The number of hydrogen-bond donors (Lipinski definition) is 0. The zero-order valence-electron chi connectivity index (χ0n) is 14.5. The first kappa shape index (κ1) is 15.5. The molecule has 0 spiro atoms. The van der Waals surface area contributed by atoms with Crippen LogP contribution in [0.15, 0.2) is 22.9 Å². The van der Waals surface area contributed by atoms with Crippen LogP contribution < -0.4 is 0 Å². The number of amides is 1. The quantitative estimate of drug-likeness (QED) is 0.715. The highest BCUT2D eigenvalue weighted by Gasteiger charge is 2.29. The first-order chi connectivity index (χ1) is 12.8. The maximum Gasteiger partial charge on any atom is 0.261 e. The molecular weight excluding hydrogens is 332 g/mol. The van der Waals surface area contributed by atoms with E-state index in [1.54, 1.807) is 0 Å². The van der Waals surface area contributed by atoms with E-state index in [9.17, 15) is 4.79 Å². The number of pyridine rings is 1. The fourth-order valence-electron chi connectivity index (χ4n) is 3.49. The van der Waals surface area contributed by atoms with Crippen LogP contribution in [0.3, 0.4) is 0 Å². The minimum Gasteiger partial charge on any atom is -0.342 e. The molecule has 8 nitrogen and oxygen atoms in total. The molecule has 4 heterocycles. The summed E-state index contributed by atoms with van der Waals surface area (Å²) in [4.78, 5) is 19.0. The number of fused-ring (bicyclic) bond motifs is 1. The SMILES string of the molecule is O=C(Cc1nnc2c(-c3nc(C4CC4)no3)cccn12)N1CCCCC1. The van der Waals surface area contributed by atoms with E-state index in [-0.39, 0.29) is 12.3 Å². The average Bonchev–Trinajstić information content (AvgIpc) is 3.28. The molecule has 8 heteroatoms. The van der Waals surface area contributed by atoms with Gasteiger partial charge in [-0.15, -0.1) is 10.2 Å². The molecule has 1 aliphatic heterocycles. The van der Waals surface area contributed by atoms with Crippen molar-refractivity contribution in [3.05, 3.63) is 30.0 Å². The third kappa shape index (κ3) is 2.75. The molecule has 134 valence electrons. The molecular formula is C18H20N6O2. The minimum atomic E-state index is 0.109. The molecule has 26 heavy (non-hydrogen) atoms. The Morgan fingerprint density at radius 1 is 1.19 bits per heavy atom. The molecule has 0 bridgehead atoms. The lowest BCUT2D eigenvalue weighted by Gasteiger charge is -2.26. The highest BCUT2D eigenvalue weighted by Crippen LogP contribution is 2.39. The van der Waals surface area contributed by atoms with Gasteiger partial charge < -0.3 is 9.42 Å². The lowest BCUT2D eigenvalue weighted by Crippen LogP contribution is -2.36. The van der Waals surface area contributed by atoms with Crippen LogP contribution in [0, 0.1) is 0 Å². The van der Waals surface area contributed by atoms with Crippen LogP contribution in [0.5, 0.6) is 0 Å². The number of carbonyl (C=O) groups is 1. The smallest absolute Gasteiger partial charge is 0.261 e. The van der Waals surface area contributed by atoms with Gasteiger partial charge in [0.15, 0.2) is 11.5 Å². The van der Waals surface area contributed by atoms with E-state index in [1.807, 2.05) is 27.6 Å². The Kier molecular flexibility index (Phi) is 3.69. The fraction of sp³-hybridized carbons (Fsp3) is 0.500. The van der Waals surface area contributed by atoms with Gasteiger partial charge in [0.25, 0.3) is 5.89 Å². The summed E-state index contributed by atoms with van der Waals surface area (Å²) in [5.41, 5.74) is 1.39. The lowest BCUT2D eigenvalue weighted by molar-refractivity contribution is -0.131. The van der Waals surface area contributed by atoms with Gasteiger partial charge in [0.2, 0.25) is 5.91 Å². The van der Waals surface area contributed by atoms with Gasteiger partial charge in [-0.05, 0) is 44.2 Å². The second kappa shape index (κ2) is 6.19. The van der Waals surface area contributed by atoms with Crippen LogP contribution in [-0.4, -0.2) is 48.6 Å². The number of nitrogens with zero attached hydrogens (tertiary/aromatic N) is 6. The van der Waals surface area contributed by atoms with Crippen LogP contribution >= 0.6 is 0 Å². The fourth-order valence-corrected chi connectivity index (χ4v) is 3.49. The van der Waals surface area contributed by atoms with E-state index < -0.39 is 0 Å². The summed E-state index contributed by atoms with van der Waals surface area (Å²) >= 11 is 0. The summed E-state index contributed by atoms with van der Waals surface area (Å²) in [7, 11) is 0. The van der Waals surface area contributed by atoms with E-state index in [4.69, 9.17) is 4.52 Å². The van der Waals surface area contributed by atoms with Gasteiger partial charge >= 0.3 is 0 Å². The Bertz CT molecular complexity index is 952. The second-order valence-corrected chi connectivity index (χ2v) is 7.08. The van der Waals surface area contributed by atoms with Crippen molar-refractivity contribution in [2.75, 3.05) is 13.1 Å². The monoisotopic (exact) mass is 352 g/mol. The third-order valence-electron chi connectivity index (χ3n) is 5.14. The summed E-state index contributed by atoms with van der Waals surface area (Å²) in [6.07, 6.45) is 7.73. The van der Waals surface area contributed by atoms with Gasteiger partial charge in [0, 0.05) is 25.2 Å². The first-order valence-corrected chi connectivity index (χ1v) is 9.24. The van der Waals surface area contributed by atoms with Crippen molar-refractivity contribution >= 4 is 11.6 Å². The van der Waals surface area contributed by atoms with Gasteiger partial charge in [-0.1, -0.05) is 5.16 Å². The zero-order chi connectivity index (χ0) is 17.5. The molecule has 0 N–H and O–H groups in total. The molecule has 0 unspecified atom stereocenters. The largest absolute Gasteiger partial charge is 0.342 e. The number of hydrogen-bond acceptors (Lipinski definition) is 6. The highest BCUT2D eigenvalue weighted by atomic mass is 16.5. The molecule has 5 rings (SSSR count). The Balaban J connectivity index is 1.44. The molecule has 0 aromatic carbocycles. The van der Waals surface area contributed by atoms with Crippen LogP contribution in [0.25, 0.3) is 17.1 Å². The van der Waals surface area contributed by atoms with E-state index >= 15 is 0 Å². The van der Waals surface area contributed by atoms with E-state index in [0.29, 0.717) is 23.3 Å². The summed E-state index contributed by atoms with van der Waals surface area (Å²) in [5, 5.41) is 12.6. The number of carbonyl (C=O) groups excluding carboxylic acids is 1. The molecule has 2 aliphatic rings. The number of aromatic nitrogens is 5. The molecule has 3 aromatic rings. The molecule has 0 radical (unpaired) electrons. The third-order valence-corrected chi connectivity index (χ3v) is 5.14. The average molecular weight is 352 g/mol. The van der Waals surface area contributed by atoms with Crippen molar-refractivity contribution in [1.82, 2.24) is 29.6 Å². The minimum absolute atomic E-state index is 0.109. The van der Waals surface area contributed by atoms with E-state index in [1.165, 1.54) is 6.42 Å².